The van der Waals surface area contributed by atoms with Gasteiger partial charge in [0.25, 0.3) is 0 Å². The van der Waals surface area contributed by atoms with Crippen molar-refractivity contribution in [3.63, 3.8) is 0 Å². The molecule has 0 aromatic rings. The topological polar surface area (TPSA) is 20.3 Å². The van der Waals surface area contributed by atoms with Crippen LogP contribution in [0.15, 0.2) is 12.8 Å². The third kappa shape index (κ3) is 3.36. The summed E-state index contributed by atoms with van der Waals surface area (Å²) >= 11 is 0. The Balaban J connectivity index is 2.40. The van der Waals surface area contributed by atoms with Gasteiger partial charge in [-0.05, 0) is 25.0 Å². The predicted molar refractivity (Wildman–Crippen MR) is 67.9 cm³/mol. The van der Waals surface area contributed by atoms with Gasteiger partial charge in [-0.1, -0.05) is 46.1 Å². The van der Waals surface area contributed by atoms with E-state index in [1.165, 1.54) is 25.7 Å². The van der Waals surface area contributed by atoms with Crippen molar-refractivity contribution >= 4 is 5.91 Å². The molecule has 1 rings (SSSR count). The van der Waals surface area contributed by atoms with E-state index in [1.807, 2.05) is 0 Å². The van der Waals surface area contributed by atoms with E-state index in [2.05, 4.69) is 20.4 Å². The summed E-state index contributed by atoms with van der Waals surface area (Å²) in [5.41, 5.74) is 0. The van der Waals surface area contributed by atoms with Crippen LogP contribution in [0.5, 0.6) is 0 Å². The molecule has 1 fully saturated rings. The summed E-state index contributed by atoms with van der Waals surface area (Å²) in [6.45, 7) is 9.02. The maximum Gasteiger partial charge on any atom is 0.229 e. The van der Waals surface area contributed by atoms with Crippen LogP contribution in [0.1, 0.15) is 52.4 Å². The standard InChI is InChI=1S/C14H25NO/c1-4-7-8-12(5-2)11-13-9-10-15(6-3)14(13)16/h6,12-13H,3-5,7-11H2,1-2H3. The van der Waals surface area contributed by atoms with Gasteiger partial charge in [0.2, 0.25) is 5.91 Å². The summed E-state index contributed by atoms with van der Waals surface area (Å²) in [5, 5.41) is 0. The van der Waals surface area contributed by atoms with E-state index >= 15 is 0 Å². The average Bonchev–Trinajstić information content (AvgIpc) is 2.65. The van der Waals surface area contributed by atoms with Crippen molar-refractivity contribution in [2.75, 3.05) is 6.54 Å². The molecule has 16 heavy (non-hydrogen) atoms. The third-order valence-corrected chi connectivity index (χ3v) is 3.73. The number of likely N-dealkylation sites (tertiary alicyclic amines) is 1. The number of unbranched alkanes of at least 4 members (excludes halogenated alkanes) is 1. The molecule has 0 N–H and O–H groups in total. The van der Waals surface area contributed by atoms with Crippen LogP contribution in [0.25, 0.3) is 0 Å². The van der Waals surface area contributed by atoms with Crippen molar-refractivity contribution < 1.29 is 4.79 Å². The fraction of sp³-hybridized carbons (Fsp3) is 0.786. The number of nitrogens with zero attached hydrogens (tertiary/aromatic N) is 1. The summed E-state index contributed by atoms with van der Waals surface area (Å²) in [6.07, 6.45) is 8.82. The predicted octanol–water partition coefficient (Wildman–Crippen LogP) is 3.58. The lowest BCUT2D eigenvalue weighted by molar-refractivity contribution is -0.129. The van der Waals surface area contributed by atoms with Gasteiger partial charge in [0.05, 0.1) is 0 Å². The maximum atomic E-state index is 11.9. The normalized spacial score (nSPS) is 22.5. The molecule has 2 heteroatoms. The lowest BCUT2D eigenvalue weighted by atomic mass is 9.88. The van der Waals surface area contributed by atoms with E-state index in [0.29, 0.717) is 5.91 Å². The molecule has 2 unspecified atom stereocenters. The van der Waals surface area contributed by atoms with Gasteiger partial charge in [0.15, 0.2) is 0 Å². The van der Waals surface area contributed by atoms with Gasteiger partial charge in [0.1, 0.15) is 0 Å². The van der Waals surface area contributed by atoms with Crippen LogP contribution < -0.4 is 0 Å². The molecule has 92 valence electrons. The van der Waals surface area contributed by atoms with Crippen molar-refractivity contribution in [1.82, 2.24) is 4.90 Å². The lowest BCUT2D eigenvalue weighted by Gasteiger charge is -2.18. The Morgan fingerprint density at radius 1 is 1.56 bits per heavy atom. The number of amides is 1. The number of hydrogen-bond acceptors (Lipinski definition) is 1. The molecule has 0 aromatic heterocycles. The van der Waals surface area contributed by atoms with Crippen LogP contribution in [0.2, 0.25) is 0 Å². The van der Waals surface area contributed by atoms with Crippen LogP contribution in [-0.2, 0) is 4.79 Å². The summed E-state index contributed by atoms with van der Waals surface area (Å²) in [4.78, 5) is 13.7. The smallest absolute Gasteiger partial charge is 0.229 e. The van der Waals surface area contributed by atoms with Crippen molar-refractivity contribution in [1.29, 1.82) is 0 Å². The highest BCUT2D eigenvalue weighted by molar-refractivity contribution is 5.81. The van der Waals surface area contributed by atoms with Gasteiger partial charge in [-0.25, -0.2) is 0 Å². The summed E-state index contributed by atoms with van der Waals surface area (Å²) < 4.78 is 0. The Hall–Kier alpha value is -0.790. The minimum atomic E-state index is 0.264. The highest BCUT2D eigenvalue weighted by atomic mass is 16.2. The minimum Gasteiger partial charge on any atom is -0.319 e. The second-order valence-electron chi connectivity index (χ2n) is 4.85. The van der Waals surface area contributed by atoms with Crippen molar-refractivity contribution in [3.8, 4) is 0 Å². The number of carbonyl (C=O) groups is 1. The monoisotopic (exact) mass is 223 g/mol. The quantitative estimate of drug-likeness (QED) is 0.646. The van der Waals surface area contributed by atoms with Gasteiger partial charge >= 0.3 is 0 Å². The van der Waals surface area contributed by atoms with E-state index < -0.39 is 0 Å². The Morgan fingerprint density at radius 3 is 2.81 bits per heavy atom. The molecular formula is C14H25NO. The second kappa shape index (κ2) is 6.72. The number of hydrogen-bond donors (Lipinski definition) is 0. The highest BCUT2D eigenvalue weighted by Gasteiger charge is 2.31. The highest BCUT2D eigenvalue weighted by Crippen LogP contribution is 2.28. The molecular weight excluding hydrogens is 198 g/mol. The van der Waals surface area contributed by atoms with Crippen molar-refractivity contribution in [2.45, 2.75) is 52.4 Å². The molecule has 1 heterocycles. The zero-order valence-electron chi connectivity index (χ0n) is 10.7. The zero-order chi connectivity index (χ0) is 12.0. The van der Waals surface area contributed by atoms with E-state index in [0.717, 1.165) is 25.3 Å². The molecule has 2 atom stereocenters. The third-order valence-electron chi connectivity index (χ3n) is 3.73. The summed E-state index contributed by atoms with van der Waals surface area (Å²) in [6, 6.07) is 0. The molecule has 1 amide bonds. The van der Waals surface area contributed by atoms with Gasteiger partial charge in [-0.2, -0.15) is 0 Å². The molecule has 0 bridgehead atoms. The minimum absolute atomic E-state index is 0.264. The fourth-order valence-electron chi connectivity index (χ4n) is 2.55. The van der Waals surface area contributed by atoms with Crippen LogP contribution >= 0.6 is 0 Å². The van der Waals surface area contributed by atoms with Gasteiger partial charge in [0, 0.05) is 12.5 Å². The number of carbonyl (C=O) groups excluding carboxylic acids is 1. The first kappa shape index (κ1) is 13.3. The Labute approximate surface area is 99.7 Å². The van der Waals surface area contributed by atoms with Gasteiger partial charge < -0.3 is 4.90 Å². The molecule has 0 saturated carbocycles. The molecule has 1 aliphatic rings. The molecule has 2 nitrogen and oxygen atoms in total. The number of rotatable bonds is 7. The summed E-state index contributed by atoms with van der Waals surface area (Å²) in [7, 11) is 0. The first-order valence-corrected chi connectivity index (χ1v) is 6.65. The zero-order valence-corrected chi connectivity index (χ0v) is 10.7. The average molecular weight is 223 g/mol. The molecule has 0 aliphatic carbocycles. The largest absolute Gasteiger partial charge is 0.319 e. The van der Waals surface area contributed by atoms with Crippen LogP contribution in [0.4, 0.5) is 0 Å². The van der Waals surface area contributed by atoms with E-state index in [1.54, 1.807) is 11.1 Å². The van der Waals surface area contributed by atoms with E-state index in [9.17, 15) is 4.79 Å². The van der Waals surface area contributed by atoms with E-state index in [4.69, 9.17) is 0 Å². The Bertz CT molecular complexity index is 237. The Morgan fingerprint density at radius 2 is 2.31 bits per heavy atom. The summed E-state index contributed by atoms with van der Waals surface area (Å²) in [5.74, 6) is 1.29. The lowest BCUT2D eigenvalue weighted by Crippen LogP contribution is -2.22. The molecule has 1 saturated heterocycles. The Kier molecular flexibility index (Phi) is 5.58. The van der Waals surface area contributed by atoms with Crippen molar-refractivity contribution in [3.05, 3.63) is 12.8 Å². The fourth-order valence-corrected chi connectivity index (χ4v) is 2.55. The molecule has 0 radical (unpaired) electrons. The van der Waals surface area contributed by atoms with Gasteiger partial charge in [-0.3, -0.25) is 4.79 Å². The van der Waals surface area contributed by atoms with Crippen molar-refractivity contribution in [2.24, 2.45) is 11.8 Å². The van der Waals surface area contributed by atoms with E-state index in [-0.39, 0.29) is 5.92 Å². The van der Waals surface area contributed by atoms with Crippen LogP contribution in [-0.4, -0.2) is 17.4 Å². The molecule has 1 aliphatic heterocycles. The first-order chi connectivity index (χ1) is 7.72. The van der Waals surface area contributed by atoms with Crippen LogP contribution in [0, 0.1) is 11.8 Å². The molecule has 0 aromatic carbocycles. The first-order valence-electron chi connectivity index (χ1n) is 6.65. The second-order valence-corrected chi connectivity index (χ2v) is 4.85. The van der Waals surface area contributed by atoms with Gasteiger partial charge in [-0.15, -0.1) is 0 Å². The molecule has 0 spiro atoms. The SMILES string of the molecule is C=CN1CCC(CC(CC)CCCC)C1=O. The van der Waals surface area contributed by atoms with Crippen LogP contribution in [0.3, 0.4) is 0 Å². The maximum absolute atomic E-state index is 11.9.